The fourth-order valence-electron chi connectivity index (χ4n) is 2.23. The molecule has 2 aliphatic carbocycles. The fraction of sp³-hybridized carbons (Fsp3) is 0.556. The van der Waals surface area contributed by atoms with Gasteiger partial charge < -0.3 is 4.79 Å². The molecule has 1 saturated carbocycles. The first-order chi connectivity index (χ1) is 5.71. The molecule has 62 valence electrons. The molecule has 2 aliphatic rings. The van der Waals surface area contributed by atoms with Crippen molar-refractivity contribution < 1.29 is 4.79 Å². The Bertz CT molecular complexity index is 293. The molecule has 3 heteroatoms. The number of hydrogen-bond acceptors (Lipinski definition) is 2. The summed E-state index contributed by atoms with van der Waals surface area (Å²) in [7, 11) is 0. The van der Waals surface area contributed by atoms with Gasteiger partial charge in [0.1, 0.15) is 11.2 Å². The average molecular weight is 182 g/mol. The molecule has 2 bridgehead atoms. The van der Waals surface area contributed by atoms with Gasteiger partial charge in [-0.2, -0.15) is 5.26 Å². The minimum atomic E-state index is -0.814. The lowest BCUT2D eigenvalue weighted by Crippen LogP contribution is -2.26. The molecule has 0 aromatic rings. The van der Waals surface area contributed by atoms with Crippen LogP contribution in [0.3, 0.4) is 0 Å². The van der Waals surface area contributed by atoms with Crippen molar-refractivity contribution in [3.63, 3.8) is 0 Å². The Morgan fingerprint density at radius 1 is 1.67 bits per heavy atom. The molecule has 0 radical (unpaired) electrons. The van der Waals surface area contributed by atoms with Gasteiger partial charge in [-0.15, -0.1) is 11.6 Å². The van der Waals surface area contributed by atoms with Crippen LogP contribution in [0.1, 0.15) is 6.42 Å². The van der Waals surface area contributed by atoms with Crippen LogP contribution in [0.5, 0.6) is 0 Å². The lowest BCUT2D eigenvalue weighted by atomic mass is 9.92. The van der Waals surface area contributed by atoms with E-state index in [4.69, 9.17) is 16.9 Å². The molecule has 0 saturated heterocycles. The monoisotopic (exact) mass is 181 g/mol. The zero-order valence-corrected chi connectivity index (χ0v) is 7.16. The van der Waals surface area contributed by atoms with Crippen LogP contribution in [0.25, 0.3) is 0 Å². The number of nitriles is 1. The van der Waals surface area contributed by atoms with Gasteiger partial charge in [-0.25, -0.2) is 0 Å². The number of alkyl halides is 1. The summed E-state index contributed by atoms with van der Waals surface area (Å²) in [6.45, 7) is 0. The highest BCUT2D eigenvalue weighted by molar-refractivity contribution is 6.26. The molecule has 1 fully saturated rings. The van der Waals surface area contributed by atoms with E-state index in [1.54, 1.807) is 0 Å². The molecule has 0 N–H and O–H groups in total. The highest BCUT2D eigenvalue weighted by Crippen LogP contribution is 2.52. The summed E-state index contributed by atoms with van der Waals surface area (Å²) in [6, 6.07) is 2.09. The molecule has 12 heavy (non-hydrogen) atoms. The number of carbonyl (C=O) groups is 1. The van der Waals surface area contributed by atoms with Crippen LogP contribution in [-0.4, -0.2) is 11.2 Å². The van der Waals surface area contributed by atoms with Gasteiger partial charge >= 0.3 is 0 Å². The van der Waals surface area contributed by atoms with Crippen LogP contribution < -0.4 is 0 Å². The van der Waals surface area contributed by atoms with Gasteiger partial charge in [0.2, 0.25) is 0 Å². The van der Waals surface area contributed by atoms with Gasteiger partial charge in [0.15, 0.2) is 0 Å². The Kier molecular flexibility index (Phi) is 1.52. The number of aldehydes is 1. The second-order valence-electron chi connectivity index (χ2n) is 3.47. The summed E-state index contributed by atoms with van der Waals surface area (Å²) in [5.74, 6) is 0.0819. The second-order valence-corrected chi connectivity index (χ2v) is 4.14. The van der Waals surface area contributed by atoms with E-state index in [0.29, 0.717) is 6.42 Å². The highest BCUT2D eigenvalue weighted by atomic mass is 35.5. The van der Waals surface area contributed by atoms with Crippen LogP contribution in [0, 0.1) is 29.1 Å². The molecule has 2 rings (SSSR count). The molecule has 0 heterocycles. The topological polar surface area (TPSA) is 40.9 Å². The van der Waals surface area contributed by atoms with Crippen LogP contribution in [0.4, 0.5) is 0 Å². The van der Waals surface area contributed by atoms with Gasteiger partial charge in [-0.05, 0) is 12.3 Å². The first kappa shape index (κ1) is 7.82. The first-order valence-electron chi connectivity index (χ1n) is 3.95. The number of allylic oxidation sites excluding steroid dienone is 2. The van der Waals surface area contributed by atoms with Crippen molar-refractivity contribution in [2.45, 2.75) is 11.3 Å². The van der Waals surface area contributed by atoms with Crippen molar-refractivity contribution in [3.8, 4) is 6.07 Å². The Labute approximate surface area is 75.8 Å². The molecule has 0 aromatic heterocycles. The largest absolute Gasteiger partial charge is 0.303 e. The van der Waals surface area contributed by atoms with E-state index in [1.807, 2.05) is 12.2 Å². The Balaban J connectivity index is 2.36. The van der Waals surface area contributed by atoms with Crippen molar-refractivity contribution >= 4 is 17.9 Å². The maximum atomic E-state index is 10.7. The van der Waals surface area contributed by atoms with Gasteiger partial charge in [0.25, 0.3) is 0 Å². The third-order valence-electron chi connectivity index (χ3n) is 2.88. The molecular weight excluding hydrogens is 174 g/mol. The van der Waals surface area contributed by atoms with Crippen LogP contribution in [0.2, 0.25) is 0 Å². The zero-order valence-electron chi connectivity index (χ0n) is 6.40. The van der Waals surface area contributed by atoms with Crippen molar-refractivity contribution in [1.29, 1.82) is 5.26 Å². The summed E-state index contributed by atoms with van der Waals surface area (Å²) in [5.41, 5.74) is 0. The van der Waals surface area contributed by atoms with Crippen LogP contribution in [0.15, 0.2) is 12.2 Å². The maximum Gasteiger partial charge on any atom is 0.138 e. The van der Waals surface area contributed by atoms with E-state index in [0.717, 1.165) is 6.29 Å². The zero-order chi connectivity index (χ0) is 8.77. The summed E-state index contributed by atoms with van der Waals surface area (Å²) < 4.78 is 0. The number of nitrogens with zero attached hydrogens (tertiary/aromatic N) is 1. The predicted octanol–water partition coefficient (Wildman–Crippen LogP) is 1.51. The average Bonchev–Trinajstić information content (AvgIpc) is 2.58. The third-order valence-corrected chi connectivity index (χ3v) is 3.37. The van der Waals surface area contributed by atoms with Gasteiger partial charge in [-0.3, -0.25) is 0 Å². The standard InChI is InChI=1S/C9H8ClNO/c10-9(5-11)3-6-1-2-8(9)7(6)4-12/h1-2,4,6-8H,3H2. The molecule has 0 aliphatic heterocycles. The van der Waals surface area contributed by atoms with E-state index in [2.05, 4.69) is 6.07 Å². The quantitative estimate of drug-likeness (QED) is 0.350. The summed E-state index contributed by atoms with van der Waals surface area (Å²) >= 11 is 6.05. The highest BCUT2D eigenvalue weighted by Gasteiger charge is 2.54. The third kappa shape index (κ3) is 0.776. The molecular formula is C9H8ClNO. The Morgan fingerprint density at radius 3 is 2.83 bits per heavy atom. The molecule has 4 unspecified atom stereocenters. The van der Waals surface area contributed by atoms with Crippen LogP contribution in [-0.2, 0) is 4.79 Å². The summed E-state index contributed by atoms with van der Waals surface area (Å²) in [6.07, 6.45) is 5.46. The predicted molar refractivity (Wildman–Crippen MR) is 44.5 cm³/mol. The van der Waals surface area contributed by atoms with Crippen LogP contribution >= 0.6 is 11.6 Å². The molecule has 0 spiro atoms. The SMILES string of the molecule is N#CC1(Cl)CC2C=CC1C2C=O. The number of hydrogen-bond donors (Lipinski definition) is 0. The van der Waals surface area contributed by atoms with Crippen molar-refractivity contribution in [3.05, 3.63) is 12.2 Å². The van der Waals surface area contributed by atoms with E-state index in [9.17, 15) is 4.79 Å². The lowest BCUT2D eigenvalue weighted by Gasteiger charge is -2.19. The van der Waals surface area contributed by atoms with Gasteiger partial charge in [0.05, 0.1) is 6.07 Å². The number of fused-ring (bicyclic) bond motifs is 2. The lowest BCUT2D eigenvalue weighted by molar-refractivity contribution is -0.112. The fourth-order valence-corrected chi connectivity index (χ4v) is 2.63. The van der Waals surface area contributed by atoms with E-state index < -0.39 is 4.87 Å². The molecule has 4 atom stereocenters. The second kappa shape index (κ2) is 2.34. The Morgan fingerprint density at radius 2 is 2.42 bits per heavy atom. The van der Waals surface area contributed by atoms with Crippen molar-refractivity contribution in [2.24, 2.45) is 17.8 Å². The summed E-state index contributed by atoms with van der Waals surface area (Å²) in [5, 5.41) is 8.83. The minimum Gasteiger partial charge on any atom is -0.303 e. The molecule has 0 aromatic carbocycles. The van der Waals surface area contributed by atoms with Gasteiger partial charge in [0, 0.05) is 11.8 Å². The van der Waals surface area contributed by atoms with E-state index in [-0.39, 0.29) is 17.8 Å². The molecule has 2 nitrogen and oxygen atoms in total. The minimum absolute atomic E-state index is 0.0536. The normalized spacial score (nSPS) is 49.2. The number of halogens is 1. The Hall–Kier alpha value is -0.810. The van der Waals surface area contributed by atoms with Gasteiger partial charge in [-0.1, -0.05) is 12.2 Å². The first-order valence-corrected chi connectivity index (χ1v) is 4.33. The van der Waals surface area contributed by atoms with Crippen molar-refractivity contribution in [2.75, 3.05) is 0 Å². The van der Waals surface area contributed by atoms with E-state index in [1.165, 1.54) is 0 Å². The number of carbonyl (C=O) groups excluding carboxylic acids is 1. The number of rotatable bonds is 1. The van der Waals surface area contributed by atoms with E-state index >= 15 is 0 Å². The summed E-state index contributed by atoms with van der Waals surface area (Å²) in [4.78, 5) is 9.85. The maximum absolute atomic E-state index is 10.7. The van der Waals surface area contributed by atoms with Crippen molar-refractivity contribution in [1.82, 2.24) is 0 Å². The molecule has 0 amide bonds. The smallest absolute Gasteiger partial charge is 0.138 e.